The number of aliphatic imine (C=N–C) groups is 1. The molecule has 2 aromatic rings. The van der Waals surface area contributed by atoms with Crippen LogP contribution in [0.2, 0.25) is 0 Å². The summed E-state index contributed by atoms with van der Waals surface area (Å²) in [5.41, 5.74) is 0.430. The summed E-state index contributed by atoms with van der Waals surface area (Å²) in [6.45, 7) is 4.05. The molecule has 2 heterocycles. The lowest BCUT2D eigenvalue weighted by atomic mass is 10.2. The van der Waals surface area contributed by atoms with Gasteiger partial charge in [0.2, 0.25) is 0 Å². The number of fused-ring (bicyclic) bond motifs is 1. The molecular weight excluding hydrogens is 360 g/mol. The van der Waals surface area contributed by atoms with Crippen molar-refractivity contribution in [3.63, 3.8) is 0 Å². The lowest BCUT2D eigenvalue weighted by Crippen LogP contribution is -2.27. The van der Waals surface area contributed by atoms with E-state index < -0.39 is 22.0 Å². The first kappa shape index (κ1) is 18.0. The van der Waals surface area contributed by atoms with Gasteiger partial charge in [-0.3, -0.25) is 9.71 Å². The van der Waals surface area contributed by atoms with Crippen LogP contribution >= 0.6 is 0 Å². The van der Waals surface area contributed by atoms with Crippen LogP contribution in [0.3, 0.4) is 0 Å². The number of hydrogen-bond acceptors (Lipinski definition) is 8. The zero-order chi connectivity index (χ0) is 18.7. The molecule has 138 valence electrons. The first-order chi connectivity index (χ1) is 12.4. The molecule has 0 saturated heterocycles. The Balaban J connectivity index is 1.70. The van der Waals surface area contributed by atoms with Crippen LogP contribution in [0, 0.1) is 0 Å². The number of amidine groups is 1. The molecule has 0 bridgehead atoms. The van der Waals surface area contributed by atoms with Gasteiger partial charge in [0.25, 0.3) is 10.0 Å². The number of nitrogens with zero attached hydrogens (tertiary/aromatic N) is 5. The molecule has 0 fully saturated rings. The van der Waals surface area contributed by atoms with E-state index in [0.717, 1.165) is 6.42 Å². The standard InChI is InChI=1S/C15H18N6O4S/c1-3-8-21-13(17-19-20-21)9-25-15(22)10(2)16-14-11-6-4-5-7-12(11)26(23,24)18-14/h4-7,10H,3,8-9H2,1-2H3,(H,16,18)/t10-/m1/s1. The highest BCUT2D eigenvalue weighted by Crippen LogP contribution is 2.22. The highest BCUT2D eigenvalue weighted by atomic mass is 32.2. The van der Waals surface area contributed by atoms with Gasteiger partial charge >= 0.3 is 5.97 Å². The van der Waals surface area contributed by atoms with Crippen LogP contribution in [0.4, 0.5) is 0 Å². The van der Waals surface area contributed by atoms with Crippen molar-refractivity contribution >= 4 is 21.8 Å². The molecule has 1 aliphatic rings. The second-order valence-electron chi connectivity index (χ2n) is 5.68. The van der Waals surface area contributed by atoms with Crippen LogP contribution < -0.4 is 4.72 Å². The van der Waals surface area contributed by atoms with Crippen molar-refractivity contribution in [1.29, 1.82) is 0 Å². The largest absolute Gasteiger partial charge is 0.456 e. The van der Waals surface area contributed by atoms with Gasteiger partial charge in [-0.15, -0.1) is 5.10 Å². The molecule has 1 aliphatic heterocycles. The molecule has 10 nitrogen and oxygen atoms in total. The maximum absolute atomic E-state index is 12.2. The maximum Gasteiger partial charge on any atom is 0.331 e. The van der Waals surface area contributed by atoms with Crippen molar-refractivity contribution in [2.45, 2.75) is 44.4 Å². The molecule has 11 heteroatoms. The Bertz CT molecular complexity index is 953. The molecule has 0 radical (unpaired) electrons. The monoisotopic (exact) mass is 378 g/mol. The van der Waals surface area contributed by atoms with Gasteiger partial charge in [0.15, 0.2) is 12.4 Å². The summed E-state index contributed by atoms with van der Waals surface area (Å²) in [6, 6.07) is 5.54. The number of benzene rings is 1. The molecule has 1 N–H and O–H groups in total. The van der Waals surface area contributed by atoms with Crippen LogP contribution in [0.25, 0.3) is 0 Å². The van der Waals surface area contributed by atoms with Gasteiger partial charge in [0.05, 0.1) is 4.90 Å². The Kier molecular flexibility index (Phi) is 4.98. The number of carbonyl (C=O) groups is 1. The third-order valence-corrected chi connectivity index (χ3v) is 5.11. The lowest BCUT2D eigenvalue weighted by molar-refractivity contribution is -0.146. The molecule has 1 atom stereocenters. The number of rotatable bonds is 6. The number of aromatic nitrogens is 4. The molecule has 3 rings (SSSR count). The normalized spacial score (nSPS) is 17.5. The highest BCUT2D eigenvalue weighted by Gasteiger charge is 2.31. The van der Waals surface area contributed by atoms with Crippen molar-refractivity contribution in [2.24, 2.45) is 4.99 Å². The average molecular weight is 378 g/mol. The number of hydrogen-bond donors (Lipinski definition) is 1. The molecule has 1 aromatic heterocycles. The Morgan fingerprint density at radius 2 is 2.15 bits per heavy atom. The van der Waals surface area contributed by atoms with Gasteiger partial charge in [-0.1, -0.05) is 19.1 Å². The van der Waals surface area contributed by atoms with E-state index in [4.69, 9.17) is 4.74 Å². The fourth-order valence-electron chi connectivity index (χ4n) is 2.44. The number of tetrazole rings is 1. The minimum atomic E-state index is -3.65. The zero-order valence-electron chi connectivity index (χ0n) is 14.3. The second-order valence-corrected chi connectivity index (χ2v) is 7.33. The smallest absolute Gasteiger partial charge is 0.331 e. The van der Waals surface area contributed by atoms with E-state index in [1.165, 1.54) is 13.0 Å². The SMILES string of the molecule is CCCn1nnnc1COC(=O)[C@@H](C)N=C1NS(=O)(=O)c2ccccc21. The number of nitrogens with one attached hydrogen (secondary N) is 1. The molecule has 1 aromatic carbocycles. The van der Waals surface area contributed by atoms with Crippen LogP contribution in [0.5, 0.6) is 0 Å². The second kappa shape index (κ2) is 7.20. The van der Waals surface area contributed by atoms with E-state index in [1.54, 1.807) is 22.9 Å². The Hall–Kier alpha value is -2.82. The minimum absolute atomic E-state index is 0.0800. The summed E-state index contributed by atoms with van der Waals surface area (Å²) in [6.07, 6.45) is 0.843. The van der Waals surface area contributed by atoms with Crippen molar-refractivity contribution in [3.8, 4) is 0 Å². The van der Waals surface area contributed by atoms with Gasteiger partial charge in [-0.25, -0.2) is 17.9 Å². The first-order valence-corrected chi connectivity index (χ1v) is 9.52. The number of aryl methyl sites for hydroxylation is 1. The minimum Gasteiger partial charge on any atom is -0.456 e. The molecular formula is C15H18N6O4S. The fraction of sp³-hybridized carbons (Fsp3) is 0.400. The summed E-state index contributed by atoms with van der Waals surface area (Å²) in [5, 5.41) is 11.2. The van der Waals surface area contributed by atoms with E-state index in [1.807, 2.05) is 6.92 Å². The quantitative estimate of drug-likeness (QED) is 0.714. The molecule has 0 saturated carbocycles. The average Bonchev–Trinajstić information content (AvgIpc) is 3.16. The van der Waals surface area contributed by atoms with E-state index >= 15 is 0 Å². The van der Waals surface area contributed by atoms with E-state index in [0.29, 0.717) is 17.9 Å². The van der Waals surface area contributed by atoms with Crippen LogP contribution in [-0.4, -0.2) is 46.5 Å². The van der Waals surface area contributed by atoms with Gasteiger partial charge in [0, 0.05) is 12.1 Å². The Labute approximate surface area is 150 Å². The highest BCUT2D eigenvalue weighted by molar-refractivity contribution is 7.90. The van der Waals surface area contributed by atoms with Crippen molar-refractivity contribution in [2.75, 3.05) is 0 Å². The molecule has 26 heavy (non-hydrogen) atoms. The third-order valence-electron chi connectivity index (χ3n) is 3.71. The van der Waals surface area contributed by atoms with Crippen LogP contribution in [0.1, 0.15) is 31.7 Å². The topological polar surface area (TPSA) is 128 Å². The maximum atomic E-state index is 12.2. The third kappa shape index (κ3) is 3.57. The first-order valence-electron chi connectivity index (χ1n) is 8.04. The van der Waals surface area contributed by atoms with Crippen LogP contribution in [-0.2, 0) is 32.7 Å². The predicted octanol–water partition coefficient (Wildman–Crippen LogP) is 0.254. The molecule has 0 aliphatic carbocycles. The number of esters is 1. The molecule has 0 spiro atoms. The van der Waals surface area contributed by atoms with Crippen molar-refractivity contribution in [1.82, 2.24) is 24.9 Å². The van der Waals surface area contributed by atoms with E-state index in [-0.39, 0.29) is 17.3 Å². The van der Waals surface area contributed by atoms with Gasteiger partial charge in [0.1, 0.15) is 11.9 Å². The predicted molar refractivity (Wildman–Crippen MR) is 90.7 cm³/mol. The number of ether oxygens (including phenoxy) is 1. The van der Waals surface area contributed by atoms with Crippen molar-refractivity contribution in [3.05, 3.63) is 35.7 Å². The lowest BCUT2D eigenvalue weighted by Gasteiger charge is -2.09. The van der Waals surface area contributed by atoms with Gasteiger partial charge < -0.3 is 4.74 Å². The van der Waals surface area contributed by atoms with Gasteiger partial charge in [-0.05, 0) is 35.9 Å². The van der Waals surface area contributed by atoms with E-state index in [2.05, 4.69) is 25.2 Å². The number of sulfonamides is 1. The summed E-state index contributed by atoms with van der Waals surface area (Å²) < 4.78 is 33.2. The fourth-order valence-corrected chi connectivity index (χ4v) is 3.68. The summed E-state index contributed by atoms with van der Waals surface area (Å²) in [5.74, 6) is -0.0417. The Morgan fingerprint density at radius 3 is 2.92 bits per heavy atom. The van der Waals surface area contributed by atoms with E-state index in [9.17, 15) is 13.2 Å². The molecule has 0 amide bonds. The van der Waals surface area contributed by atoms with Crippen molar-refractivity contribution < 1.29 is 17.9 Å². The Morgan fingerprint density at radius 1 is 1.38 bits per heavy atom. The zero-order valence-corrected chi connectivity index (χ0v) is 15.1. The van der Waals surface area contributed by atoms with Gasteiger partial charge in [-0.2, -0.15) is 0 Å². The number of carbonyl (C=O) groups excluding carboxylic acids is 1. The molecule has 0 unspecified atom stereocenters. The summed E-state index contributed by atoms with van der Waals surface area (Å²) in [7, 11) is -3.65. The summed E-state index contributed by atoms with van der Waals surface area (Å²) >= 11 is 0. The van der Waals surface area contributed by atoms with Crippen LogP contribution in [0.15, 0.2) is 34.2 Å². The summed E-state index contributed by atoms with van der Waals surface area (Å²) in [4.78, 5) is 16.5.